The lowest BCUT2D eigenvalue weighted by molar-refractivity contribution is -0.140. The molecule has 0 heterocycles. The normalized spacial score (nSPS) is 12.3. The minimum absolute atomic E-state index is 0.205. The van der Waals surface area contributed by atoms with Crippen LogP contribution in [-0.4, -0.2) is 29.3 Å². The Morgan fingerprint density at radius 2 is 2.00 bits per heavy atom. The smallest absolute Gasteiger partial charge is 0.326 e. The van der Waals surface area contributed by atoms with Crippen LogP contribution in [0.2, 0.25) is 5.02 Å². The molecule has 0 saturated carbocycles. The van der Waals surface area contributed by atoms with Crippen molar-refractivity contribution < 1.29 is 14.7 Å². The Hall–Kier alpha value is -1.20. The van der Waals surface area contributed by atoms with Crippen molar-refractivity contribution in [3.05, 3.63) is 28.8 Å². The van der Waals surface area contributed by atoms with Gasteiger partial charge < -0.3 is 10.4 Å². The Bertz CT molecular complexity index is 491. The van der Waals surface area contributed by atoms with Gasteiger partial charge >= 0.3 is 5.97 Å². The quantitative estimate of drug-likeness (QED) is 0.821. The molecule has 4 nitrogen and oxygen atoms in total. The second kappa shape index (κ2) is 6.82. The van der Waals surface area contributed by atoms with Crippen LogP contribution in [0.15, 0.2) is 23.1 Å². The number of halogens is 1. The van der Waals surface area contributed by atoms with Crippen LogP contribution in [0, 0.1) is 5.92 Å². The molecular formula is C13H16ClNO3S. The molecule has 6 heteroatoms. The van der Waals surface area contributed by atoms with E-state index in [0.717, 1.165) is 4.90 Å². The number of hydrogen-bond donors (Lipinski definition) is 2. The Morgan fingerprint density at radius 3 is 2.47 bits per heavy atom. The molecular weight excluding hydrogens is 286 g/mol. The van der Waals surface area contributed by atoms with E-state index in [2.05, 4.69) is 5.32 Å². The van der Waals surface area contributed by atoms with Crippen molar-refractivity contribution in [2.45, 2.75) is 24.8 Å². The Balaban J connectivity index is 2.97. The lowest BCUT2D eigenvalue weighted by Gasteiger charge is -2.18. The molecule has 0 aromatic heterocycles. The van der Waals surface area contributed by atoms with Gasteiger partial charge in [0.25, 0.3) is 5.91 Å². The highest BCUT2D eigenvalue weighted by Crippen LogP contribution is 2.23. The minimum Gasteiger partial charge on any atom is -0.480 e. The van der Waals surface area contributed by atoms with Crippen molar-refractivity contribution in [1.29, 1.82) is 0 Å². The lowest BCUT2D eigenvalue weighted by atomic mass is 10.0. The molecule has 0 aliphatic heterocycles. The highest BCUT2D eigenvalue weighted by atomic mass is 35.5. The van der Waals surface area contributed by atoms with Gasteiger partial charge in [0.15, 0.2) is 0 Å². The largest absolute Gasteiger partial charge is 0.480 e. The standard InChI is InChI=1S/C13H16ClNO3S/c1-7(2)11(13(17)18)15-12(16)9-6-8(19-3)4-5-10(9)14/h4-7,11H,1-3H3,(H,15,16)(H,17,18). The highest BCUT2D eigenvalue weighted by Gasteiger charge is 2.24. The van der Waals surface area contributed by atoms with Gasteiger partial charge in [-0.3, -0.25) is 4.79 Å². The minimum atomic E-state index is -1.06. The number of carbonyl (C=O) groups is 2. The number of carboxylic acid groups (broad SMARTS) is 1. The predicted molar refractivity (Wildman–Crippen MR) is 77.0 cm³/mol. The van der Waals surface area contributed by atoms with Crippen LogP contribution in [0.5, 0.6) is 0 Å². The van der Waals surface area contributed by atoms with Crippen molar-refractivity contribution in [3.8, 4) is 0 Å². The number of thioether (sulfide) groups is 1. The van der Waals surface area contributed by atoms with Crippen LogP contribution in [-0.2, 0) is 4.79 Å². The van der Waals surface area contributed by atoms with Crippen molar-refractivity contribution in [2.75, 3.05) is 6.26 Å². The number of amides is 1. The topological polar surface area (TPSA) is 66.4 Å². The van der Waals surface area contributed by atoms with Gasteiger partial charge in [-0.05, 0) is 30.4 Å². The summed E-state index contributed by atoms with van der Waals surface area (Å²) in [4.78, 5) is 24.0. The number of carbonyl (C=O) groups excluding carboxylic acids is 1. The molecule has 1 unspecified atom stereocenters. The number of aliphatic carboxylic acids is 1. The maximum atomic E-state index is 12.1. The summed E-state index contributed by atoms with van der Waals surface area (Å²) in [6.45, 7) is 3.47. The van der Waals surface area contributed by atoms with Gasteiger partial charge in [0.05, 0.1) is 10.6 Å². The molecule has 1 atom stereocenters. The van der Waals surface area contributed by atoms with Gasteiger partial charge in [0.2, 0.25) is 0 Å². The molecule has 0 fully saturated rings. The van der Waals surface area contributed by atoms with E-state index in [9.17, 15) is 9.59 Å². The summed E-state index contributed by atoms with van der Waals surface area (Å²) < 4.78 is 0. The average Bonchev–Trinajstić information content (AvgIpc) is 2.35. The lowest BCUT2D eigenvalue weighted by Crippen LogP contribution is -2.44. The molecule has 0 radical (unpaired) electrons. The van der Waals surface area contributed by atoms with E-state index in [0.29, 0.717) is 10.6 Å². The first kappa shape index (κ1) is 15.9. The van der Waals surface area contributed by atoms with Gasteiger partial charge in [0.1, 0.15) is 6.04 Å². The van der Waals surface area contributed by atoms with Crippen LogP contribution >= 0.6 is 23.4 Å². The molecule has 2 N–H and O–H groups in total. The molecule has 1 rings (SSSR count). The van der Waals surface area contributed by atoms with Crippen molar-refractivity contribution in [1.82, 2.24) is 5.32 Å². The molecule has 0 aliphatic rings. The third kappa shape index (κ3) is 4.14. The predicted octanol–water partition coefficient (Wildman–Crippen LogP) is 2.90. The summed E-state index contributed by atoms with van der Waals surface area (Å²) in [7, 11) is 0. The maximum Gasteiger partial charge on any atom is 0.326 e. The summed E-state index contributed by atoms with van der Waals surface area (Å²) in [5, 5.41) is 11.9. The molecule has 0 spiro atoms. The van der Waals surface area contributed by atoms with Crippen LogP contribution in [0.3, 0.4) is 0 Å². The molecule has 104 valence electrons. The number of carboxylic acids is 1. The van der Waals surface area contributed by atoms with E-state index >= 15 is 0 Å². The third-order valence-electron chi connectivity index (χ3n) is 2.64. The van der Waals surface area contributed by atoms with Crippen molar-refractivity contribution in [3.63, 3.8) is 0 Å². The van der Waals surface area contributed by atoms with E-state index < -0.39 is 17.9 Å². The fraction of sp³-hybridized carbons (Fsp3) is 0.385. The zero-order valence-electron chi connectivity index (χ0n) is 10.9. The molecule has 1 amide bonds. The summed E-state index contributed by atoms with van der Waals surface area (Å²) in [6.07, 6.45) is 1.89. The first-order valence-corrected chi connectivity index (χ1v) is 7.34. The van der Waals surface area contributed by atoms with Crippen molar-refractivity contribution >= 4 is 35.2 Å². The zero-order valence-corrected chi connectivity index (χ0v) is 12.5. The van der Waals surface area contributed by atoms with Gasteiger partial charge in [-0.1, -0.05) is 25.4 Å². The third-order valence-corrected chi connectivity index (χ3v) is 3.69. The molecule has 0 aliphatic carbocycles. The number of rotatable bonds is 5. The van der Waals surface area contributed by atoms with Gasteiger partial charge in [-0.25, -0.2) is 4.79 Å². The second-order valence-electron chi connectivity index (χ2n) is 4.38. The van der Waals surface area contributed by atoms with Crippen LogP contribution in [0.4, 0.5) is 0 Å². The molecule has 19 heavy (non-hydrogen) atoms. The van der Waals surface area contributed by atoms with Gasteiger partial charge in [-0.2, -0.15) is 0 Å². The molecule has 0 saturated heterocycles. The summed E-state index contributed by atoms with van der Waals surface area (Å²) in [5.41, 5.74) is 0.292. The van der Waals surface area contributed by atoms with E-state index in [4.69, 9.17) is 16.7 Å². The molecule has 0 bridgehead atoms. The number of hydrogen-bond acceptors (Lipinski definition) is 3. The Morgan fingerprint density at radius 1 is 1.37 bits per heavy atom. The zero-order chi connectivity index (χ0) is 14.6. The van der Waals surface area contributed by atoms with E-state index in [1.807, 2.05) is 6.26 Å². The average molecular weight is 302 g/mol. The van der Waals surface area contributed by atoms with Crippen LogP contribution in [0.1, 0.15) is 24.2 Å². The highest BCUT2D eigenvalue weighted by molar-refractivity contribution is 7.98. The van der Waals surface area contributed by atoms with Crippen LogP contribution < -0.4 is 5.32 Å². The summed E-state index contributed by atoms with van der Waals surface area (Å²) in [5.74, 6) is -1.73. The van der Waals surface area contributed by atoms with Gasteiger partial charge in [0, 0.05) is 4.90 Å². The first-order chi connectivity index (χ1) is 8.86. The first-order valence-electron chi connectivity index (χ1n) is 5.74. The maximum absolute atomic E-state index is 12.1. The van der Waals surface area contributed by atoms with E-state index in [-0.39, 0.29) is 5.92 Å². The second-order valence-corrected chi connectivity index (χ2v) is 5.67. The summed E-state index contributed by atoms with van der Waals surface area (Å²) >= 11 is 7.46. The van der Waals surface area contributed by atoms with E-state index in [1.165, 1.54) is 11.8 Å². The fourth-order valence-corrected chi connectivity index (χ4v) is 2.18. The SMILES string of the molecule is CSc1ccc(Cl)c(C(=O)NC(C(=O)O)C(C)C)c1. The van der Waals surface area contributed by atoms with Crippen LogP contribution in [0.25, 0.3) is 0 Å². The summed E-state index contributed by atoms with van der Waals surface area (Å²) in [6, 6.07) is 4.16. The van der Waals surface area contributed by atoms with E-state index in [1.54, 1.807) is 32.0 Å². The fourth-order valence-electron chi connectivity index (χ4n) is 1.54. The Kier molecular flexibility index (Phi) is 5.69. The Labute approximate surface area is 121 Å². The monoisotopic (exact) mass is 301 g/mol. The van der Waals surface area contributed by atoms with Crippen molar-refractivity contribution in [2.24, 2.45) is 5.92 Å². The molecule has 1 aromatic rings. The number of benzene rings is 1. The van der Waals surface area contributed by atoms with Gasteiger partial charge in [-0.15, -0.1) is 11.8 Å². The molecule has 1 aromatic carbocycles. The number of nitrogens with one attached hydrogen (secondary N) is 1.